The Bertz CT molecular complexity index is 598. The van der Waals surface area contributed by atoms with Crippen LogP contribution >= 0.6 is 0 Å². The van der Waals surface area contributed by atoms with Crippen LogP contribution in [-0.4, -0.2) is 23.8 Å². The van der Waals surface area contributed by atoms with Crippen LogP contribution in [0.5, 0.6) is 0 Å². The summed E-state index contributed by atoms with van der Waals surface area (Å²) in [6.07, 6.45) is -0.768. The molecule has 5 nitrogen and oxygen atoms in total. The van der Waals surface area contributed by atoms with Crippen LogP contribution < -0.4 is 11.1 Å². The first-order valence-corrected chi connectivity index (χ1v) is 5.94. The molecule has 0 aliphatic heterocycles. The van der Waals surface area contributed by atoms with E-state index in [1.165, 1.54) is 0 Å². The van der Waals surface area contributed by atoms with Crippen molar-refractivity contribution in [3.8, 4) is 0 Å². The highest BCUT2D eigenvalue weighted by atomic mass is 17.1. The fraction of sp³-hybridized carbons (Fsp3) is 0.214. The zero-order chi connectivity index (χ0) is 13.8. The summed E-state index contributed by atoms with van der Waals surface area (Å²) in [6, 6.07) is 11.3. The fourth-order valence-corrected chi connectivity index (χ4v) is 1.83. The van der Waals surface area contributed by atoms with Crippen molar-refractivity contribution < 1.29 is 14.9 Å². The lowest BCUT2D eigenvalue weighted by molar-refractivity contribution is -0.273. The van der Waals surface area contributed by atoms with Gasteiger partial charge in [0.2, 0.25) is 0 Å². The average Bonchev–Trinajstić information content (AvgIpc) is 2.43. The van der Waals surface area contributed by atoms with Crippen LogP contribution in [0, 0.1) is 0 Å². The maximum absolute atomic E-state index is 11.3. The number of hydrogen-bond acceptors (Lipinski definition) is 5. The molecule has 0 aromatic heterocycles. The number of carbonyl (C=O) groups is 1. The second kappa shape index (κ2) is 5.79. The van der Waals surface area contributed by atoms with Crippen molar-refractivity contribution in [3.05, 3.63) is 42.0 Å². The summed E-state index contributed by atoms with van der Waals surface area (Å²) in [5.41, 5.74) is 6.98. The van der Waals surface area contributed by atoms with Crippen molar-refractivity contribution >= 4 is 22.2 Å². The van der Waals surface area contributed by atoms with Gasteiger partial charge in [0, 0.05) is 11.3 Å². The molecule has 2 aromatic carbocycles. The highest BCUT2D eigenvalue weighted by Crippen LogP contribution is 2.20. The van der Waals surface area contributed by atoms with E-state index in [-0.39, 0.29) is 5.78 Å². The number of benzene rings is 2. The van der Waals surface area contributed by atoms with E-state index in [1.54, 1.807) is 13.0 Å². The maximum atomic E-state index is 11.3. The van der Waals surface area contributed by atoms with Gasteiger partial charge in [-0.1, -0.05) is 18.2 Å². The van der Waals surface area contributed by atoms with Crippen molar-refractivity contribution in [3.63, 3.8) is 0 Å². The normalized spacial score (nSPS) is 12.4. The van der Waals surface area contributed by atoms with E-state index in [1.807, 2.05) is 30.3 Å². The quantitative estimate of drug-likeness (QED) is 0.332. The number of hydrogen-bond donors (Lipinski definition) is 3. The molecular formula is C14H16N2O3. The van der Waals surface area contributed by atoms with Gasteiger partial charge >= 0.3 is 0 Å². The van der Waals surface area contributed by atoms with Crippen molar-refractivity contribution in [2.24, 2.45) is 5.73 Å². The third-order valence-electron chi connectivity index (χ3n) is 2.89. The van der Waals surface area contributed by atoms with Gasteiger partial charge < -0.3 is 11.1 Å². The number of carbonyl (C=O) groups excluding carboxylic acids is 1. The number of fused-ring (bicyclic) bond motifs is 1. The monoisotopic (exact) mass is 260 g/mol. The zero-order valence-corrected chi connectivity index (χ0v) is 10.6. The topological polar surface area (TPSA) is 84.6 Å². The molecule has 0 fully saturated rings. The van der Waals surface area contributed by atoms with Gasteiger partial charge in [-0.3, -0.25) is 10.1 Å². The number of ketones is 1. The minimum Gasteiger partial charge on any atom is -0.381 e. The highest BCUT2D eigenvalue weighted by molar-refractivity contribution is 5.99. The van der Waals surface area contributed by atoms with Crippen molar-refractivity contribution in [1.29, 1.82) is 0 Å². The molecule has 2 rings (SSSR count). The summed E-state index contributed by atoms with van der Waals surface area (Å²) in [6.45, 7) is 1.85. The Kier molecular flexibility index (Phi) is 4.11. The van der Waals surface area contributed by atoms with E-state index in [4.69, 9.17) is 11.0 Å². The molecular weight excluding hydrogens is 244 g/mol. The Labute approximate surface area is 110 Å². The molecule has 0 aliphatic carbocycles. The smallest absolute Gasteiger partial charge is 0.159 e. The third kappa shape index (κ3) is 3.29. The van der Waals surface area contributed by atoms with Crippen molar-refractivity contribution in [2.75, 3.05) is 11.9 Å². The molecule has 5 heteroatoms. The number of anilines is 1. The number of rotatable bonds is 5. The van der Waals surface area contributed by atoms with Crippen LogP contribution in [0.4, 0.5) is 5.69 Å². The molecule has 0 amide bonds. The Hall–Kier alpha value is -1.95. The van der Waals surface area contributed by atoms with Gasteiger partial charge in [0.1, 0.15) is 0 Å². The number of Topliss-reactive ketones (excluding diaryl/α,β-unsaturated/α-hetero) is 1. The zero-order valence-electron chi connectivity index (χ0n) is 10.6. The number of nitrogens with one attached hydrogen (secondary N) is 1. The molecule has 0 aliphatic rings. The molecule has 1 atom stereocenters. The van der Waals surface area contributed by atoms with Crippen LogP contribution in [0.2, 0.25) is 0 Å². The molecule has 0 saturated carbocycles. The summed E-state index contributed by atoms with van der Waals surface area (Å²) in [5.74, 6) is 0.0511. The van der Waals surface area contributed by atoms with Crippen LogP contribution in [0.15, 0.2) is 36.4 Å². The SMILES string of the molecule is CC(=O)c1ccc2cc(NCC(N)OO)ccc2c1. The average molecular weight is 260 g/mol. The molecule has 4 N–H and O–H groups in total. The van der Waals surface area contributed by atoms with E-state index >= 15 is 0 Å². The van der Waals surface area contributed by atoms with Crippen LogP contribution in [0.3, 0.4) is 0 Å². The van der Waals surface area contributed by atoms with E-state index in [0.29, 0.717) is 12.1 Å². The Morgan fingerprint density at radius 1 is 1.32 bits per heavy atom. The minimum absolute atomic E-state index is 0.0511. The standard InChI is InChI=1S/C14H16N2O3/c1-9(17)10-2-3-12-7-13(5-4-11(12)6-10)16-8-14(15)19-18/h2-7,14,16,18H,8,15H2,1H3. The predicted molar refractivity (Wildman–Crippen MR) is 74.1 cm³/mol. The second-order valence-electron chi connectivity index (χ2n) is 4.36. The lowest BCUT2D eigenvalue weighted by Crippen LogP contribution is -2.30. The summed E-state index contributed by atoms with van der Waals surface area (Å²) in [4.78, 5) is 15.3. The van der Waals surface area contributed by atoms with E-state index in [2.05, 4.69) is 10.2 Å². The van der Waals surface area contributed by atoms with Crippen molar-refractivity contribution in [1.82, 2.24) is 0 Å². The van der Waals surface area contributed by atoms with Crippen LogP contribution in [-0.2, 0) is 4.89 Å². The van der Waals surface area contributed by atoms with Crippen LogP contribution in [0.25, 0.3) is 10.8 Å². The van der Waals surface area contributed by atoms with Gasteiger partial charge in [0.15, 0.2) is 12.0 Å². The van der Waals surface area contributed by atoms with Gasteiger partial charge in [0.25, 0.3) is 0 Å². The van der Waals surface area contributed by atoms with Gasteiger partial charge in [-0.05, 0) is 35.9 Å². The first kappa shape index (κ1) is 13.5. The molecule has 0 spiro atoms. The lowest BCUT2D eigenvalue weighted by atomic mass is 10.0. The van der Waals surface area contributed by atoms with Gasteiger partial charge in [-0.2, -0.15) is 0 Å². The van der Waals surface area contributed by atoms with Crippen LogP contribution in [0.1, 0.15) is 17.3 Å². The lowest BCUT2D eigenvalue weighted by Gasteiger charge is -2.11. The summed E-state index contributed by atoms with van der Waals surface area (Å²) >= 11 is 0. The predicted octanol–water partition coefficient (Wildman–Crippen LogP) is 2.23. The first-order valence-electron chi connectivity index (χ1n) is 5.94. The second-order valence-corrected chi connectivity index (χ2v) is 4.36. The summed E-state index contributed by atoms with van der Waals surface area (Å²) in [7, 11) is 0. The Morgan fingerprint density at radius 2 is 2.00 bits per heavy atom. The molecule has 2 aromatic rings. The van der Waals surface area contributed by atoms with Gasteiger partial charge in [-0.25, -0.2) is 4.89 Å². The minimum atomic E-state index is -0.768. The van der Waals surface area contributed by atoms with Gasteiger partial charge in [-0.15, -0.1) is 0 Å². The van der Waals surface area contributed by atoms with E-state index in [9.17, 15) is 4.79 Å². The first-order chi connectivity index (χ1) is 9.10. The molecule has 1 unspecified atom stereocenters. The van der Waals surface area contributed by atoms with E-state index in [0.717, 1.165) is 16.5 Å². The third-order valence-corrected chi connectivity index (χ3v) is 2.89. The summed E-state index contributed by atoms with van der Waals surface area (Å²) < 4.78 is 0. The Balaban J connectivity index is 2.21. The number of nitrogens with two attached hydrogens (primary N) is 1. The van der Waals surface area contributed by atoms with Gasteiger partial charge in [0.05, 0.1) is 6.54 Å². The van der Waals surface area contributed by atoms with Crippen molar-refractivity contribution in [2.45, 2.75) is 13.2 Å². The fourth-order valence-electron chi connectivity index (χ4n) is 1.83. The summed E-state index contributed by atoms with van der Waals surface area (Å²) in [5, 5.41) is 13.4. The maximum Gasteiger partial charge on any atom is 0.159 e. The molecule has 0 radical (unpaired) electrons. The molecule has 19 heavy (non-hydrogen) atoms. The molecule has 0 bridgehead atoms. The molecule has 0 saturated heterocycles. The van der Waals surface area contributed by atoms with E-state index < -0.39 is 6.23 Å². The molecule has 0 heterocycles. The Morgan fingerprint density at radius 3 is 2.68 bits per heavy atom. The largest absolute Gasteiger partial charge is 0.381 e. The highest BCUT2D eigenvalue weighted by Gasteiger charge is 2.04. The molecule has 100 valence electrons.